The molecule has 0 spiro atoms. The van der Waals surface area contributed by atoms with Crippen molar-refractivity contribution in [1.82, 2.24) is 14.9 Å². The predicted molar refractivity (Wildman–Crippen MR) is 116 cm³/mol. The number of rotatable bonds is 6. The number of nitrogens with two attached hydrogens (primary N) is 1. The summed E-state index contributed by atoms with van der Waals surface area (Å²) in [5.41, 5.74) is 8.11. The molecule has 1 aromatic heterocycles. The summed E-state index contributed by atoms with van der Waals surface area (Å²) in [6.45, 7) is 7.45. The fourth-order valence-corrected chi connectivity index (χ4v) is 3.20. The van der Waals surface area contributed by atoms with Crippen LogP contribution in [0, 0.1) is 0 Å². The van der Waals surface area contributed by atoms with Crippen molar-refractivity contribution in [2.24, 2.45) is 10.7 Å². The van der Waals surface area contributed by atoms with Crippen molar-refractivity contribution in [2.75, 3.05) is 42.9 Å². The Morgan fingerprint density at radius 1 is 1.17 bits per heavy atom. The van der Waals surface area contributed by atoms with E-state index in [-0.39, 0.29) is 5.91 Å². The van der Waals surface area contributed by atoms with Gasteiger partial charge in [0.05, 0.1) is 6.54 Å². The summed E-state index contributed by atoms with van der Waals surface area (Å²) in [6.07, 6.45) is 3.81. The highest BCUT2D eigenvalue weighted by molar-refractivity contribution is 5.92. The van der Waals surface area contributed by atoms with E-state index in [0.717, 1.165) is 18.8 Å². The fourth-order valence-electron chi connectivity index (χ4n) is 3.20. The van der Waals surface area contributed by atoms with E-state index in [9.17, 15) is 4.79 Å². The van der Waals surface area contributed by atoms with Crippen molar-refractivity contribution in [3.8, 4) is 0 Å². The van der Waals surface area contributed by atoms with Crippen LogP contribution in [0.3, 0.4) is 0 Å². The summed E-state index contributed by atoms with van der Waals surface area (Å²) >= 11 is 0. The summed E-state index contributed by atoms with van der Waals surface area (Å²) in [6, 6.07) is 9.90. The van der Waals surface area contributed by atoms with Crippen LogP contribution in [0.15, 0.2) is 47.7 Å². The van der Waals surface area contributed by atoms with Gasteiger partial charge in [0.2, 0.25) is 11.9 Å². The molecule has 0 saturated carbocycles. The smallest absolute Gasteiger partial charge is 0.225 e. The first-order valence-corrected chi connectivity index (χ1v) is 9.99. The molecule has 154 valence electrons. The zero-order valence-corrected chi connectivity index (χ0v) is 17.1. The molecule has 0 aliphatic carbocycles. The van der Waals surface area contributed by atoms with Crippen molar-refractivity contribution in [1.29, 1.82) is 0 Å². The van der Waals surface area contributed by atoms with Crippen molar-refractivity contribution < 1.29 is 4.79 Å². The van der Waals surface area contributed by atoms with E-state index in [2.05, 4.69) is 51.2 Å². The van der Waals surface area contributed by atoms with Crippen LogP contribution in [0.25, 0.3) is 0 Å². The SMILES string of the molecule is CC(C)c1cccc(NC(N)=NCCC(=O)N2CCN(c3ncccn3)CC2)c1. The third-order valence-corrected chi connectivity index (χ3v) is 4.90. The lowest BCUT2D eigenvalue weighted by molar-refractivity contribution is -0.131. The second kappa shape index (κ2) is 9.86. The lowest BCUT2D eigenvalue weighted by Crippen LogP contribution is -2.49. The maximum absolute atomic E-state index is 12.4. The van der Waals surface area contributed by atoms with E-state index >= 15 is 0 Å². The van der Waals surface area contributed by atoms with Crippen LogP contribution in [0.5, 0.6) is 0 Å². The minimum Gasteiger partial charge on any atom is -0.370 e. The monoisotopic (exact) mass is 395 g/mol. The largest absolute Gasteiger partial charge is 0.370 e. The molecule has 2 heterocycles. The van der Waals surface area contributed by atoms with Gasteiger partial charge in [-0.1, -0.05) is 26.0 Å². The Balaban J connectivity index is 1.43. The third kappa shape index (κ3) is 5.91. The molecule has 0 atom stereocenters. The lowest BCUT2D eigenvalue weighted by Gasteiger charge is -2.34. The van der Waals surface area contributed by atoms with Gasteiger partial charge in [-0.15, -0.1) is 0 Å². The van der Waals surface area contributed by atoms with Crippen LogP contribution in [-0.2, 0) is 4.79 Å². The second-order valence-corrected chi connectivity index (χ2v) is 7.34. The van der Waals surface area contributed by atoms with Gasteiger partial charge in [0.1, 0.15) is 0 Å². The zero-order chi connectivity index (χ0) is 20.6. The summed E-state index contributed by atoms with van der Waals surface area (Å²) in [7, 11) is 0. The number of piperazine rings is 1. The van der Waals surface area contributed by atoms with E-state index in [0.29, 0.717) is 43.9 Å². The van der Waals surface area contributed by atoms with E-state index in [1.165, 1.54) is 5.56 Å². The Kier molecular flexibility index (Phi) is 6.99. The molecule has 1 saturated heterocycles. The number of nitrogens with zero attached hydrogens (tertiary/aromatic N) is 5. The highest BCUT2D eigenvalue weighted by Gasteiger charge is 2.21. The van der Waals surface area contributed by atoms with Gasteiger partial charge in [-0.2, -0.15) is 0 Å². The number of amides is 1. The number of nitrogens with one attached hydrogen (secondary N) is 1. The van der Waals surface area contributed by atoms with Gasteiger partial charge in [-0.3, -0.25) is 9.79 Å². The third-order valence-electron chi connectivity index (χ3n) is 4.90. The normalized spacial score (nSPS) is 14.9. The lowest BCUT2D eigenvalue weighted by atomic mass is 10.0. The molecule has 3 rings (SSSR count). The molecule has 0 unspecified atom stereocenters. The molecule has 3 N–H and O–H groups in total. The molecular weight excluding hydrogens is 366 g/mol. The van der Waals surface area contributed by atoms with Gasteiger partial charge in [0.25, 0.3) is 0 Å². The molecule has 1 amide bonds. The Labute approximate surface area is 171 Å². The second-order valence-electron chi connectivity index (χ2n) is 7.34. The summed E-state index contributed by atoms with van der Waals surface area (Å²) in [5, 5.41) is 3.10. The Hall–Kier alpha value is -3.16. The molecule has 1 aliphatic rings. The minimum atomic E-state index is 0.0944. The quantitative estimate of drug-likeness (QED) is 0.574. The number of benzene rings is 1. The molecule has 8 heteroatoms. The molecule has 0 radical (unpaired) electrons. The zero-order valence-electron chi connectivity index (χ0n) is 17.1. The van der Waals surface area contributed by atoms with E-state index in [1.807, 2.05) is 17.0 Å². The van der Waals surface area contributed by atoms with Crippen molar-refractivity contribution >= 4 is 23.5 Å². The van der Waals surface area contributed by atoms with Crippen LogP contribution in [0.2, 0.25) is 0 Å². The van der Waals surface area contributed by atoms with Crippen molar-refractivity contribution in [3.63, 3.8) is 0 Å². The Bertz CT molecular complexity index is 830. The molecule has 1 aliphatic heterocycles. The molecular formula is C21H29N7O. The highest BCUT2D eigenvalue weighted by atomic mass is 16.2. The predicted octanol–water partition coefficient (Wildman–Crippen LogP) is 2.07. The summed E-state index contributed by atoms with van der Waals surface area (Å²) in [5.74, 6) is 1.58. The number of aromatic nitrogens is 2. The number of carbonyl (C=O) groups excluding carboxylic acids is 1. The van der Waals surface area contributed by atoms with Crippen LogP contribution in [-0.4, -0.2) is 59.5 Å². The van der Waals surface area contributed by atoms with Gasteiger partial charge in [0, 0.05) is 50.7 Å². The summed E-state index contributed by atoms with van der Waals surface area (Å²) < 4.78 is 0. The van der Waals surface area contributed by atoms with Crippen molar-refractivity contribution in [3.05, 3.63) is 48.3 Å². The van der Waals surface area contributed by atoms with E-state index in [4.69, 9.17) is 5.73 Å². The van der Waals surface area contributed by atoms with Gasteiger partial charge < -0.3 is 20.9 Å². The Morgan fingerprint density at radius 3 is 2.59 bits per heavy atom. The molecule has 1 aromatic carbocycles. The number of hydrogen-bond acceptors (Lipinski definition) is 5. The van der Waals surface area contributed by atoms with Gasteiger partial charge in [-0.25, -0.2) is 9.97 Å². The first-order valence-electron chi connectivity index (χ1n) is 9.99. The van der Waals surface area contributed by atoms with Crippen LogP contribution < -0.4 is 16.0 Å². The first-order chi connectivity index (χ1) is 14.0. The number of guanidine groups is 1. The molecule has 29 heavy (non-hydrogen) atoms. The average molecular weight is 396 g/mol. The molecule has 0 bridgehead atoms. The van der Waals surface area contributed by atoms with Gasteiger partial charge >= 0.3 is 0 Å². The van der Waals surface area contributed by atoms with E-state index < -0.39 is 0 Å². The maximum Gasteiger partial charge on any atom is 0.225 e. The topological polar surface area (TPSA) is 99.7 Å². The molecule has 2 aromatic rings. The maximum atomic E-state index is 12.4. The van der Waals surface area contributed by atoms with Crippen LogP contribution >= 0.6 is 0 Å². The minimum absolute atomic E-state index is 0.0944. The molecule has 8 nitrogen and oxygen atoms in total. The average Bonchev–Trinajstić information content (AvgIpc) is 2.74. The van der Waals surface area contributed by atoms with Crippen LogP contribution in [0.1, 0.15) is 31.7 Å². The summed E-state index contributed by atoms with van der Waals surface area (Å²) in [4.78, 5) is 29.2. The number of aliphatic imine (C=N–C) groups is 1. The number of carbonyl (C=O) groups is 1. The van der Waals surface area contributed by atoms with E-state index in [1.54, 1.807) is 18.5 Å². The standard InChI is InChI=1S/C21H29N7O/c1-16(2)17-5-3-6-18(15-17)26-20(22)23-10-7-19(29)27-11-13-28(14-12-27)21-24-8-4-9-25-21/h3-6,8-9,15-16H,7,10-14H2,1-2H3,(H3,22,23,26). The Morgan fingerprint density at radius 2 is 1.90 bits per heavy atom. The van der Waals surface area contributed by atoms with Gasteiger partial charge in [0.15, 0.2) is 5.96 Å². The number of hydrogen-bond donors (Lipinski definition) is 2. The molecule has 1 fully saturated rings. The van der Waals surface area contributed by atoms with Gasteiger partial charge in [-0.05, 0) is 29.7 Å². The fraction of sp³-hybridized carbons (Fsp3) is 0.429. The first kappa shape index (κ1) is 20.6. The highest BCUT2D eigenvalue weighted by Crippen LogP contribution is 2.18. The van der Waals surface area contributed by atoms with Crippen molar-refractivity contribution in [2.45, 2.75) is 26.2 Å². The van der Waals surface area contributed by atoms with Crippen LogP contribution in [0.4, 0.5) is 11.6 Å². The number of anilines is 2.